The predicted octanol–water partition coefficient (Wildman–Crippen LogP) is 3.92. The molecule has 5 aliphatic rings. The second-order valence-corrected chi connectivity index (χ2v) is 13.1. The van der Waals surface area contributed by atoms with Crippen LogP contribution >= 0.6 is 0 Å². The molecular formula is C30H41N5O3. The van der Waals surface area contributed by atoms with Gasteiger partial charge in [0.2, 0.25) is 0 Å². The number of carboxylic acid groups (broad SMARTS) is 1. The van der Waals surface area contributed by atoms with E-state index in [1.807, 2.05) is 28.8 Å². The summed E-state index contributed by atoms with van der Waals surface area (Å²) in [6, 6.07) is 9.83. The zero-order valence-electron chi connectivity index (χ0n) is 22.3. The minimum absolute atomic E-state index is 0.101. The standard InChI is InChI=1S/C30H41N5O3/c31-30(29(37)38)17-33(18-30)27-28(36)35(26-11-4-3-10-25(26)32-27)24-15-21-8-5-9-22(16-24)34(21)23-13-19-6-1-2-7-20(12-19)14-23/h3-4,10-11,19-24H,1-2,5-9,12-18,31H2,(H,37,38). The van der Waals surface area contributed by atoms with Crippen LogP contribution in [0, 0.1) is 11.8 Å². The number of hydrogen-bond acceptors (Lipinski definition) is 6. The third-order valence-electron chi connectivity index (χ3n) is 10.6. The van der Waals surface area contributed by atoms with Crippen LogP contribution in [0.1, 0.15) is 83.1 Å². The third-order valence-corrected chi connectivity index (χ3v) is 10.6. The van der Waals surface area contributed by atoms with Gasteiger partial charge in [0.1, 0.15) is 5.54 Å². The summed E-state index contributed by atoms with van der Waals surface area (Å²) in [5, 5.41) is 9.49. The van der Waals surface area contributed by atoms with E-state index in [-0.39, 0.29) is 24.7 Å². The van der Waals surface area contributed by atoms with Gasteiger partial charge in [0.25, 0.3) is 5.56 Å². The smallest absolute Gasteiger partial charge is 0.327 e. The van der Waals surface area contributed by atoms with E-state index in [1.54, 1.807) is 4.90 Å². The SMILES string of the molecule is NC1(C(=O)O)CN(c2nc3ccccc3n(C3CC4CCCC(C3)N4C3CC4CCCCC(C4)C3)c2=O)C1. The molecule has 3 saturated heterocycles. The monoisotopic (exact) mass is 519 g/mol. The van der Waals surface area contributed by atoms with Crippen LogP contribution in [0.5, 0.6) is 0 Å². The third kappa shape index (κ3) is 4.06. The zero-order chi connectivity index (χ0) is 26.0. The van der Waals surface area contributed by atoms with Crippen molar-refractivity contribution in [2.24, 2.45) is 17.6 Å². The van der Waals surface area contributed by atoms with Crippen molar-refractivity contribution in [1.29, 1.82) is 0 Å². The van der Waals surface area contributed by atoms with E-state index >= 15 is 0 Å². The van der Waals surface area contributed by atoms with Gasteiger partial charge in [-0.15, -0.1) is 0 Å². The van der Waals surface area contributed by atoms with E-state index in [1.165, 1.54) is 64.2 Å². The molecule has 8 nitrogen and oxygen atoms in total. The summed E-state index contributed by atoms with van der Waals surface area (Å²) in [7, 11) is 0. The first kappa shape index (κ1) is 24.6. The summed E-state index contributed by atoms with van der Waals surface area (Å²) in [5.74, 6) is 1.13. The van der Waals surface area contributed by atoms with Crippen molar-refractivity contribution < 1.29 is 9.90 Å². The van der Waals surface area contributed by atoms with Gasteiger partial charge in [0, 0.05) is 24.2 Å². The predicted molar refractivity (Wildman–Crippen MR) is 147 cm³/mol. The molecule has 3 N–H and O–H groups in total. The minimum atomic E-state index is -1.32. The van der Waals surface area contributed by atoms with Crippen LogP contribution in [0.15, 0.2) is 29.1 Å². The summed E-state index contributed by atoms with van der Waals surface area (Å²) in [5.41, 5.74) is 6.29. The van der Waals surface area contributed by atoms with Crippen molar-refractivity contribution in [1.82, 2.24) is 14.5 Å². The Hall–Kier alpha value is -2.45. The van der Waals surface area contributed by atoms with Gasteiger partial charge in [-0.2, -0.15) is 0 Å². The first-order chi connectivity index (χ1) is 18.4. The minimum Gasteiger partial charge on any atom is -0.480 e. The number of fused-ring (bicyclic) bond motifs is 5. The van der Waals surface area contributed by atoms with Crippen LogP contribution in [0.3, 0.4) is 0 Å². The molecule has 1 aromatic heterocycles. The highest BCUT2D eigenvalue weighted by atomic mass is 16.4. The Morgan fingerprint density at radius 3 is 2.18 bits per heavy atom. The van der Waals surface area contributed by atoms with E-state index in [0.717, 1.165) is 35.7 Å². The van der Waals surface area contributed by atoms with E-state index in [9.17, 15) is 14.7 Å². The van der Waals surface area contributed by atoms with Crippen molar-refractivity contribution in [3.8, 4) is 0 Å². The molecular weight excluding hydrogens is 478 g/mol. The molecule has 0 spiro atoms. The van der Waals surface area contributed by atoms with Gasteiger partial charge < -0.3 is 20.3 Å². The maximum Gasteiger partial charge on any atom is 0.327 e. The van der Waals surface area contributed by atoms with Crippen molar-refractivity contribution in [2.45, 2.75) is 107 Å². The fourth-order valence-corrected chi connectivity index (χ4v) is 8.94. The Morgan fingerprint density at radius 2 is 1.53 bits per heavy atom. The molecule has 8 heteroatoms. The number of aliphatic carboxylic acids is 1. The molecule has 204 valence electrons. The maximum atomic E-state index is 14.0. The second kappa shape index (κ2) is 9.33. The van der Waals surface area contributed by atoms with E-state index in [0.29, 0.717) is 23.9 Å². The number of carbonyl (C=O) groups is 1. The summed E-state index contributed by atoms with van der Waals surface area (Å²) in [6.45, 7) is 0.216. The molecule has 0 amide bonds. The Labute approximate surface area is 224 Å². The molecule has 2 saturated carbocycles. The largest absolute Gasteiger partial charge is 0.480 e. The summed E-state index contributed by atoms with van der Waals surface area (Å²) >= 11 is 0. The number of nitrogens with two attached hydrogens (primary N) is 1. The highest BCUT2D eigenvalue weighted by Gasteiger charge is 2.49. The first-order valence-electron chi connectivity index (χ1n) is 15.0. The number of rotatable bonds is 4. The Bertz CT molecular complexity index is 1260. The topological polar surface area (TPSA) is 105 Å². The number of hydrogen-bond donors (Lipinski definition) is 2. The van der Waals surface area contributed by atoms with Crippen LogP contribution < -0.4 is 16.2 Å². The number of aromatic nitrogens is 2. The van der Waals surface area contributed by atoms with Gasteiger partial charge in [-0.05, 0) is 68.9 Å². The number of carboxylic acids is 1. The Morgan fingerprint density at radius 1 is 0.868 bits per heavy atom. The van der Waals surface area contributed by atoms with Crippen molar-refractivity contribution in [3.63, 3.8) is 0 Å². The molecule has 4 unspecified atom stereocenters. The van der Waals surface area contributed by atoms with Crippen molar-refractivity contribution in [2.75, 3.05) is 18.0 Å². The Balaban J connectivity index is 1.20. The Kier molecular flexibility index (Phi) is 6.04. The average Bonchev–Trinajstić information content (AvgIpc) is 3.05. The molecule has 1 aromatic carbocycles. The van der Waals surface area contributed by atoms with Gasteiger partial charge in [-0.3, -0.25) is 14.5 Å². The molecule has 2 aliphatic carbocycles. The number of nitrogens with zero attached hydrogens (tertiary/aromatic N) is 4. The van der Waals surface area contributed by atoms with E-state index in [2.05, 4.69) is 4.90 Å². The van der Waals surface area contributed by atoms with E-state index in [4.69, 9.17) is 10.7 Å². The lowest BCUT2D eigenvalue weighted by Crippen LogP contribution is -2.72. The fourth-order valence-electron chi connectivity index (χ4n) is 8.94. The fraction of sp³-hybridized carbons (Fsp3) is 0.700. The molecule has 4 atom stereocenters. The summed E-state index contributed by atoms with van der Waals surface area (Å²) in [4.78, 5) is 35.0. The van der Waals surface area contributed by atoms with Crippen LogP contribution in [-0.4, -0.2) is 62.3 Å². The summed E-state index contributed by atoms with van der Waals surface area (Å²) < 4.78 is 2.01. The lowest BCUT2D eigenvalue weighted by molar-refractivity contribution is -0.144. The highest BCUT2D eigenvalue weighted by molar-refractivity contribution is 5.84. The van der Waals surface area contributed by atoms with Gasteiger partial charge in [0.15, 0.2) is 5.82 Å². The second-order valence-electron chi connectivity index (χ2n) is 13.1. The molecule has 38 heavy (non-hydrogen) atoms. The lowest BCUT2D eigenvalue weighted by Gasteiger charge is -2.54. The van der Waals surface area contributed by atoms with Gasteiger partial charge >= 0.3 is 5.97 Å². The lowest BCUT2D eigenvalue weighted by atomic mass is 9.73. The molecule has 4 heterocycles. The molecule has 5 fully saturated rings. The number of benzene rings is 1. The molecule has 3 aliphatic heterocycles. The molecule has 7 rings (SSSR count). The van der Waals surface area contributed by atoms with Gasteiger partial charge in [-0.1, -0.05) is 44.2 Å². The first-order valence-corrected chi connectivity index (χ1v) is 15.0. The van der Waals surface area contributed by atoms with Crippen molar-refractivity contribution >= 4 is 22.8 Å². The molecule has 2 aromatic rings. The summed E-state index contributed by atoms with van der Waals surface area (Å²) in [6.07, 6.45) is 15.6. The maximum absolute atomic E-state index is 14.0. The number of para-hydroxylation sites is 2. The average molecular weight is 520 g/mol. The van der Waals surface area contributed by atoms with Crippen LogP contribution in [0.4, 0.5) is 5.82 Å². The highest BCUT2D eigenvalue weighted by Crippen LogP contribution is 2.47. The van der Waals surface area contributed by atoms with Crippen LogP contribution in [0.2, 0.25) is 0 Å². The van der Waals surface area contributed by atoms with Crippen molar-refractivity contribution in [3.05, 3.63) is 34.6 Å². The quantitative estimate of drug-likeness (QED) is 0.631. The van der Waals surface area contributed by atoms with Gasteiger partial charge in [0.05, 0.1) is 24.1 Å². The zero-order valence-corrected chi connectivity index (χ0v) is 22.3. The van der Waals surface area contributed by atoms with Crippen LogP contribution in [0.25, 0.3) is 11.0 Å². The van der Waals surface area contributed by atoms with E-state index < -0.39 is 11.5 Å². The van der Waals surface area contributed by atoms with Crippen LogP contribution in [-0.2, 0) is 4.79 Å². The van der Waals surface area contributed by atoms with Gasteiger partial charge in [-0.25, -0.2) is 4.98 Å². The normalized spacial score (nSPS) is 34.9. The molecule has 0 radical (unpaired) electrons. The number of anilines is 1. The number of piperidine rings is 2. The molecule has 4 bridgehead atoms.